The van der Waals surface area contributed by atoms with E-state index in [0.717, 1.165) is 22.5 Å². The number of aryl methyl sites for hydroxylation is 1. The minimum Gasteiger partial charge on any atom is -0.317 e. The van der Waals surface area contributed by atoms with E-state index in [2.05, 4.69) is 6.07 Å². The van der Waals surface area contributed by atoms with Gasteiger partial charge in [-0.1, -0.05) is 41.4 Å². The molecule has 118 valence electrons. The van der Waals surface area contributed by atoms with Crippen molar-refractivity contribution in [1.29, 1.82) is 5.26 Å². The molecule has 0 amide bonds. The van der Waals surface area contributed by atoms with Crippen LogP contribution in [0.15, 0.2) is 60.8 Å². The van der Waals surface area contributed by atoms with Crippen molar-refractivity contribution in [2.24, 2.45) is 0 Å². The number of hydrogen-bond acceptors (Lipinski definition) is 1. The molecule has 2 aromatic carbocycles. The lowest BCUT2D eigenvalue weighted by molar-refractivity contribution is 1.06. The third-order valence-electron chi connectivity index (χ3n) is 3.76. The highest BCUT2D eigenvalue weighted by molar-refractivity contribution is 6.31. The van der Waals surface area contributed by atoms with E-state index in [4.69, 9.17) is 23.2 Å². The molecular formula is C20H14Cl2N2. The van der Waals surface area contributed by atoms with Gasteiger partial charge in [-0.3, -0.25) is 0 Å². The highest BCUT2D eigenvalue weighted by atomic mass is 35.5. The van der Waals surface area contributed by atoms with Crippen molar-refractivity contribution in [1.82, 2.24) is 4.57 Å². The highest BCUT2D eigenvalue weighted by Crippen LogP contribution is 2.24. The van der Waals surface area contributed by atoms with Crippen molar-refractivity contribution in [3.8, 4) is 11.8 Å². The zero-order chi connectivity index (χ0) is 17.1. The predicted octanol–water partition coefficient (Wildman–Crippen LogP) is 6.16. The third-order valence-corrected chi connectivity index (χ3v) is 4.40. The number of benzene rings is 2. The number of aromatic nitrogens is 1. The Bertz CT molecular complexity index is 962. The average molecular weight is 353 g/mol. The maximum atomic E-state index is 9.52. The van der Waals surface area contributed by atoms with E-state index in [1.165, 1.54) is 0 Å². The first-order chi connectivity index (χ1) is 11.6. The van der Waals surface area contributed by atoms with Gasteiger partial charge in [-0.25, -0.2) is 0 Å². The Morgan fingerprint density at radius 1 is 1.08 bits per heavy atom. The van der Waals surface area contributed by atoms with Crippen molar-refractivity contribution in [2.45, 2.75) is 6.92 Å². The van der Waals surface area contributed by atoms with Crippen LogP contribution in [0, 0.1) is 18.3 Å². The van der Waals surface area contributed by atoms with Crippen molar-refractivity contribution in [3.05, 3.63) is 87.7 Å². The van der Waals surface area contributed by atoms with Gasteiger partial charge in [0, 0.05) is 27.6 Å². The van der Waals surface area contributed by atoms with Gasteiger partial charge in [-0.15, -0.1) is 0 Å². The summed E-state index contributed by atoms with van der Waals surface area (Å²) in [7, 11) is 0. The summed E-state index contributed by atoms with van der Waals surface area (Å²) in [4.78, 5) is 0. The lowest BCUT2D eigenvalue weighted by Crippen LogP contribution is -1.95. The second kappa shape index (κ2) is 6.97. The summed E-state index contributed by atoms with van der Waals surface area (Å²) in [6.07, 6.45) is 3.79. The Kier molecular flexibility index (Phi) is 4.76. The molecule has 3 rings (SSSR count). The molecule has 0 saturated heterocycles. The fourth-order valence-electron chi connectivity index (χ4n) is 2.46. The van der Waals surface area contributed by atoms with Gasteiger partial charge in [0.25, 0.3) is 0 Å². The summed E-state index contributed by atoms with van der Waals surface area (Å²) in [5.74, 6) is 0. The maximum Gasteiger partial charge on any atom is 0.0998 e. The number of rotatable bonds is 3. The SMILES string of the molecule is Cc1ccc(-n2cccc2/C=C(/C#N)c2cccc(Cl)c2)cc1Cl. The second-order valence-corrected chi connectivity index (χ2v) is 6.26. The van der Waals surface area contributed by atoms with E-state index in [1.807, 2.05) is 66.2 Å². The molecule has 0 aliphatic carbocycles. The van der Waals surface area contributed by atoms with Crippen LogP contribution >= 0.6 is 23.2 Å². The molecule has 1 aromatic heterocycles. The summed E-state index contributed by atoms with van der Waals surface area (Å²) in [5, 5.41) is 10.8. The smallest absolute Gasteiger partial charge is 0.0998 e. The van der Waals surface area contributed by atoms with Crippen molar-refractivity contribution in [2.75, 3.05) is 0 Å². The zero-order valence-corrected chi connectivity index (χ0v) is 14.5. The molecule has 0 fully saturated rings. The van der Waals surface area contributed by atoms with E-state index in [1.54, 1.807) is 12.1 Å². The number of nitriles is 1. The normalized spacial score (nSPS) is 11.3. The fourth-order valence-corrected chi connectivity index (χ4v) is 2.83. The molecule has 4 heteroatoms. The summed E-state index contributed by atoms with van der Waals surface area (Å²) < 4.78 is 1.99. The summed E-state index contributed by atoms with van der Waals surface area (Å²) in [6, 6.07) is 19.3. The number of hydrogen-bond donors (Lipinski definition) is 0. The third kappa shape index (κ3) is 3.38. The molecule has 0 spiro atoms. The molecular weight excluding hydrogens is 339 g/mol. The summed E-state index contributed by atoms with van der Waals surface area (Å²) >= 11 is 12.3. The molecule has 24 heavy (non-hydrogen) atoms. The average Bonchev–Trinajstić information content (AvgIpc) is 3.03. The molecule has 2 nitrogen and oxygen atoms in total. The Morgan fingerprint density at radius 3 is 2.62 bits per heavy atom. The molecule has 0 aliphatic rings. The summed E-state index contributed by atoms with van der Waals surface area (Å²) in [6.45, 7) is 1.97. The molecule has 0 bridgehead atoms. The van der Waals surface area contributed by atoms with Crippen LogP contribution in [0.1, 0.15) is 16.8 Å². The molecule has 0 N–H and O–H groups in total. The lowest BCUT2D eigenvalue weighted by Gasteiger charge is -2.09. The highest BCUT2D eigenvalue weighted by Gasteiger charge is 2.07. The predicted molar refractivity (Wildman–Crippen MR) is 100 cm³/mol. The van der Waals surface area contributed by atoms with Crippen LogP contribution < -0.4 is 0 Å². The van der Waals surface area contributed by atoms with Gasteiger partial charge in [0.2, 0.25) is 0 Å². The second-order valence-electron chi connectivity index (χ2n) is 5.42. The largest absolute Gasteiger partial charge is 0.317 e. The van der Waals surface area contributed by atoms with Gasteiger partial charge >= 0.3 is 0 Å². The van der Waals surface area contributed by atoms with Gasteiger partial charge < -0.3 is 4.57 Å². The van der Waals surface area contributed by atoms with Gasteiger partial charge in [0.05, 0.1) is 11.6 Å². The van der Waals surface area contributed by atoms with Crippen molar-refractivity contribution >= 4 is 34.9 Å². The minimum atomic E-state index is 0.552. The number of allylic oxidation sites excluding steroid dienone is 1. The van der Waals surface area contributed by atoms with Crippen LogP contribution in [0.25, 0.3) is 17.3 Å². The first-order valence-electron chi connectivity index (χ1n) is 7.40. The van der Waals surface area contributed by atoms with E-state index in [-0.39, 0.29) is 0 Å². The number of halogens is 2. The first-order valence-corrected chi connectivity index (χ1v) is 8.16. The molecule has 3 aromatic rings. The van der Waals surface area contributed by atoms with Crippen molar-refractivity contribution in [3.63, 3.8) is 0 Å². The molecule has 0 radical (unpaired) electrons. The maximum absolute atomic E-state index is 9.52. The topological polar surface area (TPSA) is 28.7 Å². The van der Waals surface area contributed by atoms with Crippen LogP contribution in [-0.2, 0) is 0 Å². The Balaban J connectivity index is 2.06. The Morgan fingerprint density at radius 2 is 1.92 bits per heavy atom. The van der Waals surface area contributed by atoms with Crippen LogP contribution in [0.2, 0.25) is 10.0 Å². The molecule has 0 aliphatic heterocycles. The minimum absolute atomic E-state index is 0.552. The fraction of sp³-hybridized carbons (Fsp3) is 0.0500. The van der Waals surface area contributed by atoms with Crippen LogP contribution in [-0.4, -0.2) is 4.57 Å². The van der Waals surface area contributed by atoms with E-state index in [9.17, 15) is 5.26 Å². The zero-order valence-electron chi connectivity index (χ0n) is 13.0. The van der Waals surface area contributed by atoms with E-state index >= 15 is 0 Å². The lowest BCUT2D eigenvalue weighted by atomic mass is 10.1. The molecule has 0 saturated carbocycles. The monoisotopic (exact) mass is 352 g/mol. The number of nitrogens with zero attached hydrogens (tertiary/aromatic N) is 2. The van der Waals surface area contributed by atoms with E-state index in [0.29, 0.717) is 15.6 Å². The molecule has 1 heterocycles. The quantitative estimate of drug-likeness (QED) is 0.519. The Labute approximate surface area is 151 Å². The standard InChI is InChI=1S/C20H14Cl2N2/c1-14-7-8-19(12-20(14)22)24-9-3-6-18(24)11-16(13-23)15-4-2-5-17(21)10-15/h2-12H,1H3/b16-11-. The first kappa shape index (κ1) is 16.4. The molecule has 0 atom stereocenters. The van der Waals surface area contributed by atoms with Crippen LogP contribution in [0.5, 0.6) is 0 Å². The van der Waals surface area contributed by atoms with Gasteiger partial charge in [-0.2, -0.15) is 5.26 Å². The van der Waals surface area contributed by atoms with E-state index < -0.39 is 0 Å². The van der Waals surface area contributed by atoms with Crippen LogP contribution in [0.3, 0.4) is 0 Å². The Hall–Kier alpha value is -2.47. The van der Waals surface area contributed by atoms with Crippen LogP contribution in [0.4, 0.5) is 0 Å². The van der Waals surface area contributed by atoms with Gasteiger partial charge in [0.15, 0.2) is 0 Å². The van der Waals surface area contributed by atoms with Gasteiger partial charge in [0.1, 0.15) is 0 Å². The van der Waals surface area contributed by atoms with Gasteiger partial charge in [-0.05, 0) is 60.5 Å². The van der Waals surface area contributed by atoms with Crippen molar-refractivity contribution < 1.29 is 0 Å². The molecule has 0 unspecified atom stereocenters. The summed E-state index contributed by atoms with van der Waals surface area (Å²) in [5.41, 5.74) is 4.22.